The molecule has 0 saturated heterocycles. The van der Waals surface area contributed by atoms with Crippen molar-refractivity contribution in [3.63, 3.8) is 0 Å². The largest absolute Gasteiger partial charge is 0.336 e. The zero-order valence-corrected chi connectivity index (χ0v) is 13.1. The van der Waals surface area contributed by atoms with E-state index in [0.717, 1.165) is 35.3 Å². The van der Waals surface area contributed by atoms with E-state index < -0.39 is 0 Å². The minimum absolute atomic E-state index is 0.461. The molecule has 1 aromatic heterocycles. The van der Waals surface area contributed by atoms with E-state index in [4.69, 9.17) is 11.6 Å². The van der Waals surface area contributed by atoms with Gasteiger partial charge in [-0.25, -0.2) is 0 Å². The minimum atomic E-state index is 0.461. The lowest BCUT2D eigenvalue weighted by Gasteiger charge is -2.14. The standard InChI is InChI=1S/C16H17ClN4/c1-4-11-12(9-18)16(21-20-14(11)5-2)19-15-10(3)7-6-8-13(15)17/h6-8H,4-5H2,1-3H3,(H,19,21). The van der Waals surface area contributed by atoms with E-state index in [1.54, 1.807) is 6.07 Å². The molecule has 0 spiro atoms. The van der Waals surface area contributed by atoms with Gasteiger partial charge in [-0.1, -0.05) is 37.6 Å². The summed E-state index contributed by atoms with van der Waals surface area (Å²) >= 11 is 6.21. The van der Waals surface area contributed by atoms with Crippen molar-refractivity contribution in [3.8, 4) is 6.07 Å². The van der Waals surface area contributed by atoms with E-state index in [2.05, 4.69) is 21.6 Å². The highest BCUT2D eigenvalue weighted by Gasteiger charge is 2.15. The molecule has 21 heavy (non-hydrogen) atoms. The minimum Gasteiger partial charge on any atom is -0.336 e. The maximum absolute atomic E-state index is 9.48. The molecule has 0 saturated carbocycles. The number of halogens is 1. The molecule has 0 aliphatic rings. The van der Waals surface area contributed by atoms with Crippen molar-refractivity contribution >= 4 is 23.1 Å². The van der Waals surface area contributed by atoms with Crippen molar-refractivity contribution in [1.82, 2.24) is 10.2 Å². The predicted molar refractivity (Wildman–Crippen MR) is 85.0 cm³/mol. The summed E-state index contributed by atoms with van der Waals surface area (Å²) in [6.45, 7) is 5.98. The van der Waals surface area contributed by atoms with Gasteiger partial charge in [-0.05, 0) is 37.0 Å². The second-order valence-electron chi connectivity index (χ2n) is 4.72. The van der Waals surface area contributed by atoms with Crippen LogP contribution in [0.4, 0.5) is 11.5 Å². The Morgan fingerprint density at radius 2 is 2.00 bits per heavy atom. The SMILES string of the molecule is CCc1nnc(Nc2c(C)cccc2Cl)c(C#N)c1CC. The van der Waals surface area contributed by atoms with Crippen LogP contribution in [-0.4, -0.2) is 10.2 Å². The van der Waals surface area contributed by atoms with Gasteiger partial charge in [0.2, 0.25) is 0 Å². The van der Waals surface area contributed by atoms with Crippen LogP contribution in [0.15, 0.2) is 18.2 Å². The lowest BCUT2D eigenvalue weighted by molar-refractivity contribution is 0.877. The summed E-state index contributed by atoms with van der Waals surface area (Å²) in [6, 6.07) is 7.88. The van der Waals surface area contributed by atoms with Gasteiger partial charge in [0, 0.05) is 0 Å². The molecule has 2 aromatic rings. The fourth-order valence-corrected chi connectivity index (χ4v) is 2.56. The predicted octanol–water partition coefficient (Wildman–Crippen LogP) is 4.18. The fourth-order valence-electron chi connectivity index (χ4n) is 2.29. The molecule has 0 unspecified atom stereocenters. The van der Waals surface area contributed by atoms with E-state index in [1.807, 2.05) is 32.9 Å². The Morgan fingerprint density at radius 3 is 2.57 bits per heavy atom. The van der Waals surface area contributed by atoms with Crippen LogP contribution in [-0.2, 0) is 12.8 Å². The van der Waals surface area contributed by atoms with Gasteiger partial charge in [-0.15, -0.1) is 5.10 Å². The summed E-state index contributed by atoms with van der Waals surface area (Å²) in [7, 11) is 0. The number of rotatable bonds is 4. The number of hydrogen-bond donors (Lipinski definition) is 1. The molecule has 0 fully saturated rings. The zero-order valence-electron chi connectivity index (χ0n) is 12.4. The highest BCUT2D eigenvalue weighted by molar-refractivity contribution is 6.33. The number of nitrogens with one attached hydrogen (secondary N) is 1. The molecule has 108 valence electrons. The van der Waals surface area contributed by atoms with Crippen LogP contribution in [0.3, 0.4) is 0 Å². The van der Waals surface area contributed by atoms with Crippen molar-refractivity contribution in [2.24, 2.45) is 0 Å². The highest BCUT2D eigenvalue weighted by atomic mass is 35.5. The van der Waals surface area contributed by atoms with Crippen LogP contribution in [0.5, 0.6) is 0 Å². The number of aromatic nitrogens is 2. The molecule has 0 amide bonds. The van der Waals surface area contributed by atoms with Crippen molar-refractivity contribution in [2.45, 2.75) is 33.6 Å². The molecule has 2 rings (SSSR count). The monoisotopic (exact) mass is 300 g/mol. The normalized spacial score (nSPS) is 10.2. The van der Waals surface area contributed by atoms with Gasteiger partial charge in [-0.2, -0.15) is 10.4 Å². The third kappa shape index (κ3) is 2.98. The van der Waals surface area contributed by atoms with E-state index in [1.165, 1.54) is 0 Å². The molecule has 0 atom stereocenters. The van der Waals surface area contributed by atoms with Gasteiger partial charge in [0.25, 0.3) is 0 Å². The van der Waals surface area contributed by atoms with Crippen molar-refractivity contribution in [1.29, 1.82) is 5.26 Å². The Labute approximate surface area is 129 Å². The average Bonchev–Trinajstić information content (AvgIpc) is 2.50. The first-order valence-electron chi connectivity index (χ1n) is 6.93. The van der Waals surface area contributed by atoms with E-state index >= 15 is 0 Å². The average molecular weight is 301 g/mol. The maximum atomic E-state index is 9.48. The molecule has 1 heterocycles. The van der Waals surface area contributed by atoms with Crippen LogP contribution in [0.2, 0.25) is 5.02 Å². The Bertz CT molecular complexity index is 684. The summed E-state index contributed by atoms with van der Waals surface area (Å²) in [4.78, 5) is 0. The van der Waals surface area contributed by atoms with Crippen LogP contribution in [0, 0.1) is 18.3 Å². The first-order chi connectivity index (χ1) is 10.1. The summed E-state index contributed by atoms with van der Waals surface area (Å²) in [5.74, 6) is 0.461. The van der Waals surface area contributed by atoms with Crippen LogP contribution < -0.4 is 5.32 Å². The van der Waals surface area contributed by atoms with E-state index in [9.17, 15) is 5.26 Å². The molecule has 0 bridgehead atoms. The fraction of sp³-hybridized carbons (Fsp3) is 0.312. The maximum Gasteiger partial charge on any atom is 0.171 e. The Balaban J connectivity index is 2.53. The third-order valence-electron chi connectivity index (χ3n) is 3.42. The molecule has 0 aliphatic carbocycles. The molecule has 1 N–H and O–H groups in total. The lowest BCUT2D eigenvalue weighted by Crippen LogP contribution is -2.08. The highest BCUT2D eigenvalue weighted by Crippen LogP contribution is 2.30. The molecule has 5 heteroatoms. The molecule has 0 radical (unpaired) electrons. The number of para-hydroxylation sites is 1. The van der Waals surface area contributed by atoms with E-state index in [0.29, 0.717) is 16.4 Å². The number of hydrogen-bond acceptors (Lipinski definition) is 4. The smallest absolute Gasteiger partial charge is 0.171 e. The van der Waals surface area contributed by atoms with Crippen molar-refractivity contribution < 1.29 is 0 Å². The Hall–Kier alpha value is -2.12. The van der Waals surface area contributed by atoms with Gasteiger partial charge < -0.3 is 5.32 Å². The van der Waals surface area contributed by atoms with Gasteiger partial charge in [0.05, 0.1) is 16.4 Å². The topological polar surface area (TPSA) is 61.6 Å². The zero-order chi connectivity index (χ0) is 15.4. The Morgan fingerprint density at radius 1 is 1.24 bits per heavy atom. The Kier molecular flexibility index (Phi) is 4.77. The van der Waals surface area contributed by atoms with Crippen molar-refractivity contribution in [2.75, 3.05) is 5.32 Å². The van der Waals surface area contributed by atoms with Crippen LogP contribution in [0.1, 0.15) is 36.2 Å². The third-order valence-corrected chi connectivity index (χ3v) is 3.74. The van der Waals surface area contributed by atoms with Gasteiger partial charge in [0.1, 0.15) is 11.6 Å². The van der Waals surface area contributed by atoms with Gasteiger partial charge >= 0.3 is 0 Å². The summed E-state index contributed by atoms with van der Waals surface area (Å²) in [5.41, 5.74) is 4.11. The number of nitrogens with zero attached hydrogens (tertiary/aromatic N) is 3. The van der Waals surface area contributed by atoms with Gasteiger partial charge in [-0.3, -0.25) is 0 Å². The molecular weight excluding hydrogens is 284 g/mol. The summed E-state index contributed by atoms with van der Waals surface area (Å²) in [6.07, 6.45) is 1.51. The number of anilines is 2. The second kappa shape index (κ2) is 6.55. The molecular formula is C16H17ClN4. The van der Waals surface area contributed by atoms with Crippen LogP contribution >= 0.6 is 11.6 Å². The lowest BCUT2D eigenvalue weighted by atomic mass is 10.0. The van der Waals surface area contributed by atoms with E-state index in [-0.39, 0.29) is 0 Å². The summed E-state index contributed by atoms with van der Waals surface area (Å²) < 4.78 is 0. The van der Waals surface area contributed by atoms with Crippen molar-refractivity contribution in [3.05, 3.63) is 45.6 Å². The molecule has 4 nitrogen and oxygen atoms in total. The van der Waals surface area contributed by atoms with Gasteiger partial charge in [0.15, 0.2) is 5.82 Å². The first-order valence-corrected chi connectivity index (χ1v) is 7.30. The summed E-state index contributed by atoms with van der Waals surface area (Å²) in [5, 5.41) is 21.6. The second-order valence-corrected chi connectivity index (χ2v) is 5.13. The van der Waals surface area contributed by atoms with Crippen LogP contribution in [0.25, 0.3) is 0 Å². The first kappa shape index (κ1) is 15.3. The number of nitriles is 1. The quantitative estimate of drug-likeness (QED) is 0.920. The molecule has 0 aliphatic heterocycles. The number of aryl methyl sites for hydroxylation is 2. The molecule has 1 aromatic carbocycles. The number of benzene rings is 1.